The van der Waals surface area contributed by atoms with Gasteiger partial charge in [-0.2, -0.15) is 0 Å². The first kappa shape index (κ1) is 27.2. The number of nitrogens with zero attached hydrogens (tertiary/aromatic N) is 2. The molecule has 5 heteroatoms. The van der Waals surface area contributed by atoms with E-state index in [0.29, 0.717) is 22.6 Å². The smallest absolute Gasteiger partial charge is 0.133 e. The van der Waals surface area contributed by atoms with Crippen LogP contribution >= 0.6 is 0 Å². The Hall–Kier alpha value is -5.68. The maximum Gasteiger partial charge on any atom is 0.133 e. The van der Waals surface area contributed by atoms with Crippen molar-refractivity contribution in [2.75, 3.05) is 4.90 Å². The van der Waals surface area contributed by atoms with E-state index in [1.807, 2.05) is 53.4 Å². The summed E-state index contributed by atoms with van der Waals surface area (Å²) in [6, 6.07) is 43.6. The fourth-order valence-electron chi connectivity index (χ4n) is 5.61. The molecule has 0 radical (unpaired) electrons. The minimum Gasteiger partial charge on any atom is -0.309 e. The molecule has 2 nitrogen and oxygen atoms in total. The Bertz CT molecular complexity index is 2070. The van der Waals surface area contributed by atoms with Crippen molar-refractivity contribution in [2.24, 2.45) is 0 Å². The third-order valence-electron chi connectivity index (χ3n) is 7.66. The van der Waals surface area contributed by atoms with Crippen LogP contribution in [0.15, 0.2) is 152 Å². The number of hydrogen-bond acceptors (Lipinski definition) is 2. The quantitative estimate of drug-likeness (QED) is 0.195. The molecule has 212 valence electrons. The molecule has 7 rings (SSSR count). The van der Waals surface area contributed by atoms with Crippen LogP contribution in [0.25, 0.3) is 44.3 Å². The highest BCUT2D eigenvalue weighted by Crippen LogP contribution is 2.40. The van der Waals surface area contributed by atoms with Gasteiger partial charge in [0.2, 0.25) is 0 Å². The number of rotatable bonds is 6. The molecule has 0 unspecified atom stereocenters. The van der Waals surface area contributed by atoms with Crippen molar-refractivity contribution in [1.29, 1.82) is 0 Å². The van der Waals surface area contributed by atoms with E-state index in [1.54, 1.807) is 36.5 Å². The van der Waals surface area contributed by atoms with Crippen LogP contribution in [-0.4, -0.2) is 4.98 Å². The standard InChI is InChI=1S/C39H25F3N2/c40-31-17-19-32(20-18-31)44(33-14-7-13-28(22-33)38-36(41)15-8-16-37(38)42)34-23-30-21-29(26-9-3-1-4-10-26)24-35(39(30)43-25-34)27-11-5-2-6-12-27/h1-25H. The van der Waals surface area contributed by atoms with Crippen molar-refractivity contribution < 1.29 is 13.2 Å². The largest absolute Gasteiger partial charge is 0.309 e. The van der Waals surface area contributed by atoms with E-state index >= 15 is 0 Å². The second-order valence-corrected chi connectivity index (χ2v) is 10.5. The summed E-state index contributed by atoms with van der Waals surface area (Å²) < 4.78 is 43.6. The lowest BCUT2D eigenvalue weighted by Gasteiger charge is -2.26. The highest BCUT2D eigenvalue weighted by Gasteiger charge is 2.18. The molecule has 44 heavy (non-hydrogen) atoms. The minimum atomic E-state index is -0.648. The van der Waals surface area contributed by atoms with E-state index in [0.717, 1.165) is 33.2 Å². The highest BCUT2D eigenvalue weighted by molar-refractivity contribution is 5.99. The SMILES string of the molecule is Fc1ccc(N(c2cccc(-c3c(F)cccc3F)c2)c2cnc3c(-c4ccccc4)cc(-c4ccccc4)cc3c2)cc1. The number of fused-ring (bicyclic) bond motifs is 1. The van der Waals surface area contributed by atoms with Crippen LogP contribution < -0.4 is 4.90 Å². The Balaban J connectivity index is 1.44. The average molecular weight is 579 g/mol. The van der Waals surface area contributed by atoms with Crippen LogP contribution in [0.2, 0.25) is 0 Å². The Labute approximate surface area is 253 Å². The van der Waals surface area contributed by atoms with Crippen LogP contribution in [-0.2, 0) is 0 Å². The molecule has 1 aromatic heterocycles. The molecule has 0 N–H and O–H groups in total. The van der Waals surface area contributed by atoms with Gasteiger partial charge in [0.25, 0.3) is 0 Å². The minimum absolute atomic E-state index is 0.106. The zero-order chi connectivity index (χ0) is 30.0. The summed E-state index contributed by atoms with van der Waals surface area (Å²) in [5.74, 6) is -1.66. The topological polar surface area (TPSA) is 16.1 Å². The second-order valence-electron chi connectivity index (χ2n) is 10.5. The highest BCUT2D eigenvalue weighted by atomic mass is 19.1. The average Bonchev–Trinajstić information content (AvgIpc) is 3.06. The number of hydrogen-bond donors (Lipinski definition) is 0. The Morgan fingerprint density at radius 2 is 1.09 bits per heavy atom. The molecule has 0 aliphatic heterocycles. The van der Waals surface area contributed by atoms with Crippen molar-refractivity contribution in [2.45, 2.75) is 0 Å². The molecular weight excluding hydrogens is 553 g/mol. The summed E-state index contributed by atoms with van der Waals surface area (Å²) in [5, 5.41) is 0.908. The van der Waals surface area contributed by atoms with Crippen LogP contribution in [0, 0.1) is 17.5 Å². The Kier molecular flexibility index (Phi) is 7.13. The number of pyridine rings is 1. The molecule has 6 aromatic carbocycles. The number of halogens is 3. The van der Waals surface area contributed by atoms with Gasteiger partial charge in [-0.3, -0.25) is 4.98 Å². The fourth-order valence-corrected chi connectivity index (χ4v) is 5.61. The van der Waals surface area contributed by atoms with Gasteiger partial charge in [-0.1, -0.05) is 78.9 Å². The summed E-state index contributed by atoms with van der Waals surface area (Å²) in [4.78, 5) is 6.86. The van der Waals surface area contributed by atoms with Crippen molar-refractivity contribution in [3.8, 4) is 33.4 Å². The van der Waals surface area contributed by atoms with E-state index in [-0.39, 0.29) is 11.4 Å². The molecule has 0 atom stereocenters. The molecule has 0 spiro atoms. The van der Waals surface area contributed by atoms with Crippen molar-refractivity contribution in [1.82, 2.24) is 4.98 Å². The van der Waals surface area contributed by atoms with Crippen LogP contribution in [0.3, 0.4) is 0 Å². The molecular formula is C39H25F3N2. The van der Waals surface area contributed by atoms with Gasteiger partial charge in [-0.25, -0.2) is 13.2 Å². The third kappa shape index (κ3) is 5.20. The molecule has 1 heterocycles. The summed E-state index contributed by atoms with van der Waals surface area (Å²) in [6.07, 6.45) is 1.77. The third-order valence-corrected chi connectivity index (χ3v) is 7.66. The molecule has 0 aliphatic carbocycles. The molecule has 0 aliphatic rings. The van der Waals surface area contributed by atoms with Gasteiger partial charge in [0.15, 0.2) is 0 Å². The molecule has 0 saturated carbocycles. The molecule has 0 saturated heterocycles. The molecule has 0 fully saturated rings. The van der Waals surface area contributed by atoms with Gasteiger partial charge in [0, 0.05) is 22.3 Å². The maximum atomic E-state index is 14.8. The number of aromatic nitrogens is 1. The van der Waals surface area contributed by atoms with Gasteiger partial charge in [0.1, 0.15) is 17.5 Å². The maximum absolute atomic E-state index is 14.8. The lowest BCUT2D eigenvalue weighted by Crippen LogP contribution is -2.10. The predicted octanol–water partition coefficient (Wildman–Crippen LogP) is 11.1. The van der Waals surface area contributed by atoms with E-state index < -0.39 is 11.6 Å². The number of benzene rings is 6. The van der Waals surface area contributed by atoms with Crippen LogP contribution in [0.5, 0.6) is 0 Å². The molecule has 0 bridgehead atoms. The van der Waals surface area contributed by atoms with Gasteiger partial charge in [-0.05, 0) is 89.0 Å². The lowest BCUT2D eigenvalue weighted by atomic mass is 9.95. The Morgan fingerprint density at radius 3 is 1.80 bits per heavy atom. The van der Waals surface area contributed by atoms with Gasteiger partial charge < -0.3 is 4.90 Å². The summed E-state index contributed by atoms with van der Waals surface area (Å²) >= 11 is 0. The Morgan fingerprint density at radius 1 is 0.455 bits per heavy atom. The monoisotopic (exact) mass is 578 g/mol. The van der Waals surface area contributed by atoms with E-state index in [1.165, 1.54) is 30.3 Å². The van der Waals surface area contributed by atoms with Crippen molar-refractivity contribution in [3.63, 3.8) is 0 Å². The summed E-state index contributed by atoms with van der Waals surface area (Å²) in [5.41, 5.74) is 7.29. The van der Waals surface area contributed by atoms with Gasteiger partial charge in [0.05, 0.1) is 23.0 Å². The molecule has 7 aromatic rings. The predicted molar refractivity (Wildman–Crippen MR) is 173 cm³/mol. The van der Waals surface area contributed by atoms with E-state index in [4.69, 9.17) is 4.98 Å². The number of anilines is 3. The van der Waals surface area contributed by atoms with Crippen LogP contribution in [0.4, 0.5) is 30.2 Å². The van der Waals surface area contributed by atoms with Crippen molar-refractivity contribution in [3.05, 3.63) is 169 Å². The molecule has 0 amide bonds. The van der Waals surface area contributed by atoms with Crippen LogP contribution in [0.1, 0.15) is 0 Å². The van der Waals surface area contributed by atoms with E-state index in [9.17, 15) is 13.2 Å². The summed E-state index contributed by atoms with van der Waals surface area (Å²) in [6.45, 7) is 0. The second kappa shape index (κ2) is 11.5. The van der Waals surface area contributed by atoms with E-state index in [2.05, 4.69) is 36.4 Å². The van der Waals surface area contributed by atoms with Gasteiger partial charge in [-0.15, -0.1) is 0 Å². The lowest BCUT2D eigenvalue weighted by molar-refractivity contribution is 0.589. The van der Waals surface area contributed by atoms with Crippen molar-refractivity contribution >= 4 is 28.0 Å². The zero-order valence-corrected chi connectivity index (χ0v) is 23.5. The fraction of sp³-hybridized carbons (Fsp3) is 0. The van der Waals surface area contributed by atoms with Gasteiger partial charge >= 0.3 is 0 Å². The summed E-state index contributed by atoms with van der Waals surface area (Å²) in [7, 11) is 0. The zero-order valence-electron chi connectivity index (χ0n) is 23.5. The first-order valence-corrected chi connectivity index (χ1v) is 14.2. The normalized spacial score (nSPS) is 11.1. The first-order chi connectivity index (χ1) is 21.5. The first-order valence-electron chi connectivity index (χ1n) is 14.2.